The molecule has 0 saturated heterocycles. The zero-order valence-corrected chi connectivity index (χ0v) is 45.3. The van der Waals surface area contributed by atoms with Gasteiger partial charge in [-0.1, -0.05) is 0 Å². The van der Waals surface area contributed by atoms with Crippen molar-refractivity contribution < 1.29 is 28.7 Å². The molecular formula is C60H74Cl2F3SiZr. The molecule has 0 heterocycles. The zero-order chi connectivity index (χ0) is 46.2. The minimum absolute atomic E-state index is 0.0808. The number of hydrogen-bond acceptors (Lipinski definition) is 0. The molecule has 0 aliphatic heterocycles. The van der Waals surface area contributed by atoms with Crippen LogP contribution >= 0.6 is 17.0 Å². The van der Waals surface area contributed by atoms with Crippen molar-refractivity contribution in [2.75, 3.05) is 0 Å². The summed E-state index contributed by atoms with van der Waals surface area (Å²) in [5.41, 5.74) is 15.2. The fourth-order valence-electron chi connectivity index (χ4n) is 14.7. The summed E-state index contributed by atoms with van der Waals surface area (Å²) in [6, 6.07) is 32.4. The van der Waals surface area contributed by atoms with Crippen LogP contribution in [0, 0.1) is 11.8 Å². The van der Waals surface area contributed by atoms with Gasteiger partial charge in [-0.15, -0.1) is 0 Å². The van der Waals surface area contributed by atoms with Crippen molar-refractivity contribution in [2.45, 2.75) is 186 Å². The summed E-state index contributed by atoms with van der Waals surface area (Å²) < 4.78 is 43.5. The minimum atomic E-state index is -5.70. The molecule has 7 heteroatoms. The zero-order valence-electron chi connectivity index (χ0n) is 40.1. The molecule has 0 nitrogen and oxygen atoms in total. The van der Waals surface area contributed by atoms with Gasteiger partial charge in [-0.05, 0) is 0 Å². The number of rotatable bonds is 13. The van der Waals surface area contributed by atoms with E-state index in [2.05, 4.69) is 104 Å². The maximum atomic E-state index is 14.6. The molecule has 10 rings (SSSR count). The average Bonchev–Trinajstić information content (AvgIpc) is 3.93. The van der Waals surface area contributed by atoms with Crippen molar-refractivity contribution in [3.05, 3.63) is 129 Å². The second-order valence-corrected chi connectivity index (χ2v) is 63.9. The van der Waals surface area contributed by atoms with E-state index in [0.717, 1.165) is 12.8 Å². The van der Waals surface area contributed by atoms with Crippen molar-refractivity contribution in [2.24, 2.45) is 11.8 Å². The molecule has 0 bridgehead atoms. The normalized spacial score (nSPS) is 23.5. The monoisotopic (exact) mass is 1040 g/mol. The van der Waals surface area contributed by atoms with Crippen molar-refractivity contribution >= 4 is 35.1 Å². The van der Waals surface area contributed by atoms with Crippen molar-refractivity contribution in [1.29, 1.82) is 0 Å². The summed E-state index contributed by atoms with van der Waals surface area (Å²) >= 11 is -5.70. The molecule has 67 heavy (non-hydrogen) atoms. The molecule has 3 atom stereocenters. The van der Waals surface area contributed by atoms with E-state index in [1.54, 1.807) is 0 Å². The van der Waals surface area contributed by atoms with Crippen LogP contribution in [0.3, 0.4) is 0 Å². The quantitative estimate of drug-likeness (QED) is 0.117. The molecule has 0 amide bonds. The number of halogens is 5. The third kappa shape index (κ3) is 10.0. The second-order valence-electron chi connectivity index (χ2n) is 22.5. The number of fused-ring (bicyclic) bond motifs is 2. The Labute approximate surface area is 409 Å². The van der Waals surface area contributed by atoms with Crippen LogP contribution in [-0.4, -0.2) is 12.1 Å². The van der Waals surface area contributed by atoms with Crippen molar-refractivity contribution in [3.63, 3.8) is 0 Å². The molecule has 4 saturated carbocycles. The Bertz CT molecular complexity index is 2260. The van der Waals surface area contributed by atoms with Gasteiger partial charge < -0.3 is 0 Å². The third-order valence-corrected chi connectivity index (χ3v) is 68.5. The Morgan fingerprint density at radius 3 is 1.25 bits per heavy atom. The Morgan fingerprint density at radius 2 is 0.881 bits per heavy atom. The number of allylic oxidation sites excluding steroid dienone is 2. The van der Waals surface area contributed by atoms with Gasteiger partial charge in [0.05, 0.1) is 0 Å². The van der Waals surface area contributed by atoms with E-state index in [1.807, 2.05) is 0 Å². The predicted octanol–water partition coefficient (Wildman–Crippen LogP) is 19.9. The van der Waals surface area contributed by atoms with Gasteiger partial charge >= 0.3 is 413 Å². The molecular weight excluding hydrogens is 968 g/mol. The van der Waals surface area contributed by atoms with Gasteiger partial charge in [0.2, 0.25) is 0 Å². The van der Waals surface area contributed by atoms with E-state index >= 15 is 0 Å². The molecule has 0 radical (unpaired) electrons. The maximum absolute atomic E-state index is 14.6. The summed E-state index contributed by atoms with van der Waals surface area (Å²) in [5.74, 6) is -0.217. The molecule has 4 fully saturated rings. The fourth-order valence-corrected chi connectivity index (χ4v) is 54.7. The molecule has 357 valence electrons. The molecule has 6 aliphatic rings. The second kappa shape index (κ2) is 20.5. The molecule has 4 aromatic rings. The summed E-state index contributed by atoms with van der Waals surface area (Å²) in [6.07, 6.45) is 26.9. The van der Waals surface area contributed by atoms with E-state index in [4.69, 9.17) is 17.0 Å². The Kier molecular flexibility index (Phi) is 14.8. The van der Waals surface area contributed by atoms with Gasteiger partial charge in [0.25, 0.3) is 0 Å². The standard InChI is InChI=1S/2C28H33.C4H8F3Si.2ClH.Zr/c2*1-3-8-21(9-4-1)18-22-19-26-12-7-13-27(28(26)20-22)25-16-14-24(15-17-25)23-10-5-2-6-11-23;1-8-3-2-4(5,6)7;;;/h2*7,12-17,19-21,23H,1-6,8-11,18H2;8H,2-3H2,1H3;2*1H;/q;;;;;+2/p-2. The van der Waals surface area contributed by atoms with Crippen LogP contribution in [0.1, 0.15) is 200 Å². The average molecular weight is 1040 g/mol. The first kappa shape index (κ1) is 48.5. The first-order chi connectivity index (χ1) is 32.4. The van der Waals surface area contributed by atoms with Gasteiger partial charge in [-0.25, -0.2) is 0 Å². The topological polar surface area (TPSA) is 0 Å². The van der Waals surface area contributed by atoms with Gasteiger partial charge in [0, 0.05) is 0 Å². The van der Waals surface area contributed by atoms with Crippen LogP contribution in [0.15, 0.2) is 96.1 Å². The Morgan fingerprint density at radius 1 is 0.507 bits per heavy atom. The summed E-state index contributed by atoms with van der Waals surface area (Å²) in [7, 11) is 18.3. The molecule has 0 aromatic heterocycles. The van der Waals surface area contributed by atoms with Crippen molar-refractivity contribution in [1.82, 2.24) is 0 Å². The van der Waals surface area contributed by atoms with Gasteiger partial charge in [-0.2, -0.15) is 0 Å². The van der Waals surface area contributed by atoms with E-state index in [9.17, 15) is 13.2 Å². The number of benzene rings is 4. The van der Waals surface area contributed by atoms with Crippen LogP contribution in [-0.2, 0) is 15.6 Å². The van der Waals surface area contributed by atoms with Crippen LogP contribution < -0.4 is 0 Å². The summed E-state index contributed by atoms with van der Waals surface area (Å²) in [4.78, 5) is 0. The number of alkyl halides is 3. The Balaban J connectivity index is 1.13. The van der Waals surface area contributed by atoms with Crippen LogP contribution in [0.4, 0.5) is 13.2 Å². The third-order valence-electron chi connectivity index (χ3n) is 18.3. The van der Waals surface area contributed by atoms with E-state index in [1.165, 1.54) is 195 Å². The van der Waals surface area contributed by atoms with Gasteiger partial charge in [0.15, 0.2) is 0 Å². The molecule has 0 N–H and O–H groups in total. The summed E-state index contributed by atoms with van der Waals surface area (Å²) in [5, 5.41) is 0. The van der Waals surface area contributed by atoms with Crippen LogP contribution in [0.2, 0.25) is 12.6 Å². The van der Waals surface area contributed by atoms with E-state index < -0.39 is 34.1 Å². The molecule has 6 aliphatic carbocycles. The Hall–Kier alpha value is -2.17. The van der Waals surface area contributed by atoms with E-state index in [-0.39, 0.29) is 13.3 Å². The SMILES string of the molecule is C[SiH](CCC(F)(F)F)[Zr]([Cl])([Cl])([CH]1C(CC2CCCCC2)=Cc2c(-c3ccc(C4CCCCC4)cc3)cccc21)[CH]1C(CC2CCCCC2)=Cc2c(-c3ccc(C4CCCCC4)cc3)cccc21. The number of hydrogen-bond donors (Lipinski definition) is 0. The van der Waals surface area contributed by atoms with Gasteiger partial charge in [0.1, 0.15) is 0 Å². The fraction of sp³-hybridized carbons (Fsp3) is 0.533. The van der Waals surface area contributed by atoms with Crippen molar-refractivity contribution in [3.8, 4) is 22.3 Å². The molecule has 0 spiro atoms. The van der Waals surface area contributed by atoms with E-state index in [0.29, 0.717) is 23.7 Å². The van der Waals surface area contributed by atoms with Crippen LogP contribution in [0.25, 0.3) is 34.4 Å². The first-order valence-electron chi connectivity index (χ1n) is 27.0. The summed E-state index contributed by atoms with van der Waals surface area (Å²) in [6.45, 7) is 2.19. The molecule has 4 aromatic carbocycles. The van der Waals surface area contributed by atoms with Gasteiger partial charge in [-0.3, -0.25) is 0 Å². The predicted molar refractivity (Wildman–Crippen MR) is 279 cm³/mol. The van der Waals surface area contributed by atoms with Crippen LogP contribution in [0.5, 0.6) is 0 Å². The molecule has 3 unspecified atom stereocenters. The first-order valence-corrected chi connectivity index (χ1v) is 42.9.